The molecule has 0 saturated carbocycles. The molecule has 0 aromatic carbocycles. The van der Waals surface area contributed by atoms with Crippen molar-refractivity contribution in [3.8, 4) is 0 Å². The highest BCUT2D eigenvalue weighted by Crippen LogP contribution is 2.34. The first-order valence-corrected chi connectivity index (χ1v) is 7.23. The number of rotatable bonds is 3. The average Bonchev–Trinajstić information content (AvgIpc) is 2.53. The van der Waals surface area contributed by atoms with Crippen molar-refractivity contribution in [2.45, 2.75) is 55.4 Å². The Morgan fingerprint density at radius 3 is 1.78 bits per heavy atom. The van der Waals surface area contributed by atoms with Gasteiger partial charge in [0.25, 0.3) is 0 Å². The van der Waals surface area contributed by atoms with Gasteiger partial charge in [0, 0.05) is 5.92 Å². The van der Waals surface area contributed by atoms with Crippen molar-refractivity contribution >= 4 is 0 Å². The molecule has 18 heavy (non-hydrogen) atoms. The molecule has 0 bridgehead atoms. The molecule has 1 rings (SSSR count). The first-order valence-electron chi connectivity index (χ1n) is 7.23. The first-order chi connectivity index (χ1) is 8.45. The van der Waals surface area contributed by atoms with Gasteiger partial charge in [0.1, 0.15) is 5.76 Å². The lowest BCUT2D eigenvalue weighted by atomic mass is 9.85. The van der Waals surface area contributed by atoms with Crippen LogP contribution in [-0.4, -0.2) is 0 Å². The summed E-state index contributed by atoms with van der Waals surface area (Å²) in [5.74, 6) is 2.61. The van der Waals surface area contributed by atoms with Crippen molar-refractivity contribution in [3.63, 3.8) is 0 Å². The van der Waals surface area contributed by atoms with E-state index in [1.54, 1.807) is 6.26 Å². The molecule has 1 aliphatic heterocycles. The molecule has 0 unspecified atom stereocenters. The molecule has 0 N–H and O–H groups in total. The van der Waals surface area contributed by atoms with Crippen LogP contribution in [0.4, 0.5) is 0 Å². The van der Waals surface area contributed by atoms with Crippen molar-refractivity contribution < 1.29 is 4.74 Å². The second-order valence-corrected chi connectivity index (χ2v) is 5.31. The molecule has 0 fully saturated rings. The minimum atomic E-state index is 0.433. The Kier molecular flexibility index (Phi) is 7.73. The normalized spacial score (nSPS) is 15.4. The van der Waals surface area contributed by atoms with Gasteiger partial charge in [0.05, 0.1) is 6.26 Å². The maximum Gasteiger partial charge on any atom is 0.109 e. The zero-order chi connectivity index (χ0) is 14.3. The van der Waals surface area contributed by atoms with E-state index in [9.17, 15) is 0 Å². The van der Waals surface area contributed by atoms with E-state index in [-0.39, 0.29) is 0 Å². The van der Waals surface area contributed by atoms with Crippen molar-refractivity contribution in [2.24, 2.45) is 17.8 Å². The van der Waals surface area contributed by atoms with Crippen molar-refractivity contribution in [1.29, 1.82) is 0 Å². The van der Waals surface area contributed by atoms with E-state index in [0.717, 1.165) is 5.76 Å². The Hall–Kier alpha value is -0.980. The van der Waals surface area contributed by atoms with Crippen molar-refractivity contribution in [2.75, 3.05) is 0 Å². The Morgan fingerprint density at radius 1 is 0.833 bits per heavy atom. The lowest BCUT2D eigenvalue weighted by Gasteiger charge is -2.23. The van der Waals surface area contributed by atoms with Gasteiger partial charge in [-0.3, -0.25) is 0 Å². The largest absolute Gasteiger partial charge is 0.469 e. The lowest BCUT2D eigenvalue weighted by molar-refractivity contribution is 0.295. The predicted octanol–water partition coefficient (Wildman–Crippen LogP) is 5.71. The zero-order valence-corrected chi connectivity index (χ0v) is 13.4. The van der Waals surface area contributed by atoms with Crippen LogP contribution >= 0.6 is 0 Å². The molecule has 0 aliphatic carbocycles. The summed E-state index contributed by atoms with van der Waals surface area (Å²) in [6, 6.07) is 0. The van der Waals surface area contributed by atoms with Crippen LogP contribution in [0.1, 0.15) is 55.4 Å². The fourth-order valence-corrected chi connectivity index (χ4v) is 2.12. The second kappa shape index (κ2) is 8.18. The summed E-state index contributed by atoms with van der Waals surface area (Å²) >= 11 is 0. The van der Waals surface area contributed by atoms with Crippen LogP contribution in [-0.2, 0) is 4.74 Å². The predicted molar refractivity (Wildman–Crippen MR) is 81.2 cm³/mol. The van der Waals surface area contributed by atoms with E-state index in [2.05, 4.69) is 47.6 Å². The maximum atomic E-state index is 5.77. The summed E-state index contributed by atoms with van der Waals surface area (Å²) in [6.45, 7) is 17.3. The molecule has 0 amide bonds. The summed E-state index contributed by atoms with van der Waals surface area (Å²) in [4.78, 5) is 0. The summed E-state index contributed by atoms with van der Waals surface area (Å²) in [7, 11) is 0. The van der Waals surface area contributed by atoms with E-state index in [4.69, 9.17) is 4.74 Å². The van der Waals surface area contributed by atoms with Gasteiger partial charge >= 0.3 is 0 Å². The van der Waals surface area contributed by atoms with E-state index < -0.39 is 0 Å². The lowest BCUT2D eigenvalue weighted by Crippen LogP contribution is -2.11. The molecular formula is C17H30O. The highest BCUT2D eigenvalue weighted by Gasteiger charge is 2.21. The summed E-state index contributed by atoms with van der Waals surface area (Å²) in [5.41, 5.74) is 2.79. The summed E-state index contributed by atoms with van der Waals surface area (Å²) in [6.07, 6.45) is 6.00. The van der Waals surface area contributed by atoms with Crippen molar-refractivity contribution in [1.82, 2.24) is 0 Å². The zero-order valence-electron chi connectivity index (χ0n) is 13.4. The third-order valence-corrected chi connectivity index (χ3v) is 2.85. The van der Waals surface area contributed by atoms with Crippen LogP contribution < -0.4 is 0 Å². The van der Waals surface area contributed by atoms with E-state index in [0.29, 0.717) is 17.8 Å². The van der Waals surface area contributed by atoms with Gasteiger partial charge in [0.15, 0.2) is 0 Å². The molecule has 0 radical (unpaired) electrons. The molecule has 1 aliphatic rings. The SMILES string of the molecule is CC.CC(C)C1=CC=COC(C(C)C)=C1C(C)C. The molecular weight excluding hydrogens is 220 g/mol. The molecule has 0 saturated heterocycles. The van der Waals surface area contributed by atoms with Crippen LogP contribution in [0.2, 0.25) is 0 Å². The fraction of sp³-hybridized carbons (Fsp3) is 0.647. The molecule has 1 heterocycles. The fourth-order valence-electron chi connectivity index (χ4n) is 2.12. The maximum absolute atomic E-state index is 5.77. The highest BCUT2D eigenvalue weighted by atomic mass is 16.5. The minimum Gasteiger partial charge on any atom is -0.469 e. The molecule has 0 aromatic heterocycles. The number of allylic oxidation sites excluding steroid dienone is 5. The minimum absolute atomic E-state index is 0.433. The molecule has 104 valence electrons. The molecule has 1 nitrogen and oxygen atoms in total. The standard InChI is InChI=1S/C15H24O.C2H6/c1-10(2)13-8-7-9-16-15(12(5)6)14(13)11(3)4;1-2/h7-12H,1-6H3;1-2H3. The summed E-state index contributed by atoms with van der Waals surface area (Å²) in [5, 5.41) is 0. The molecule has 0 atom stereocenters. The van der Waals surface area contributed by atoms with Crippen LogP contribution in [0.3, 0.4) is 0 Å². The van der Waals surface area contributed by atoms with E-state index in [1.165, 1.54) is 11.1 Å². The second-order valence-electron chi connectivity index (χ2n) is 5.31. The van der Waals surface area contributed by atoms with Gasteiger partial charge in [-0.05, 0) is 29.1 Å². The Balaban J connectivity index is 0.00000137. The van der Waals surface area contributed by atoms with Crippen LogP contribution in [0.5, 0.6) is 0 Å². The molecule has 0 spiro atoms. The highest BCUT2D eigenvalue weighted by molar-refractivity contribution is 5.40. The van der Waals surface area contributed by atoms with Gasteiger partial charge in [0.2, 0.25) is 0 Å². The smallest absolute Gasteiger partial charge is 0.109 e. The average molecular weight is 250 g/mol. The van der Waals surface area contributed by atoms with E-state index in [1.807, 2.05) is 19.9 Å². The third-order valence-electron chi connectivity index (χ3n) is 2.85. The quantitative estimate of drug-likeness (QED) is 0.624. The summed E-state index contributed by atoms with van der Waals surface area (Å²) < 4.78 is 5.77. The van der Waals surface area contributed by atoms with Gasteiger partial charge < -0.3 is 4.74 Å². The third kappa shape index (κ3) is 4.36. The van der Waals surface area contributed by atoms with E-state index >= 15 is 0 Å². The monoisotopic (exact) mass is 250 g/mol. The molecule has 1 heteroatoms. The van der Waals surface area contributed by atoms with Crippen molar-refractivity contribution in [3.05, 3.63) is 35.3 Å². The van der Waals surface area contributed by atoms with Gasteiger partial charge in [-0.25, -0.2) is 0 Å². The van der Waals surface area contributed by atoms with Gasteiger partial charge in [-0.15, -0.1) is 0 Å². The molecule has 0 aromatic rings. The van der Waals surface area contributed by atoms with Crippen LogP contribution in [0, 0.1) is 17.8 Å². The number of hydrogen-bond acceptors (Lipinski definition) is 1. The first kappa shape index (κ1) is 17.0. The topological polar surface area (TPSA) is 9.23 Å². The number of ether oxygens (including phenoxy) is 1. The Morgan fingerprint density at radius 2 is 1.39 bits per heavy atom. The number of hydrogen-bond donors (Lipinski definition) is 0. The van der Waals surface area contributed by atoms with Gasteiger partial charge in [-0.1, -0.05) is 61.5 Å². The Bertz CT molecular complexity index is 328. The Labute approximate surface area is 114 Å². The van der Waals surface area contributed by atoms with Crippen LogP contribution in [0.25, 0.3) is 0 Å². The van der Waals surface area contributed by atoms with Gasteiger partial charge in [-0.2, -0.15) is 0 Å². The van der Waals surface area contributed by atoms with Crippen LogP contribution in [0.15, 0.2) is 35.3 Å².